The van der Waals surface area contributed by atoms with Crippen LogP contribution in [0.25, 0.3) is 0 Å². The second-order valence-electron chi connectivity index (χ2n) is 11.5. The molecule has 2 fully saturated rings. The van der Waals surface area contributed by atoms with Gasteiger partial charge in [0.2, 0.25) is 0 Å². The van der Waals surface area contributed by atoms with E-state index in [1.165, 1.54) is 12.8 Å². The van der Waals surface area contributed by atoms with Crippen LogP contribution in [-0.2, 0) is 4.79 Å². The standard InChI is InChI=1S/C22H44N4O/c1-18(2)12-10-13-19(3,4)25(18)22(9,16-23)17(27)24-26-20(5,6)14-11-15-21(26,7)8/h10-16,23H2,1-9H3,(H,24,27). The predicted molar refractivity (Wildman–Crippen MR) is 113 cm³/mol. The van der Waals surface area contributed by atoms with E-state index in [2.05, 4.69) is 70.7 Å². The maximum atomic E-state index is 13.7. The molecule has 0 aromatic heterocycles. The Morgan fingerprint density at radius 2 is 1.22 bits per heavy atom. The monoisotopic (exact) mass is 380 g/mol. The van der Waals surface area contributed by atoms with Crippen LogP contribution in [0.15, 0.2) is 0 Å². The van der Waals surface area contributed by atoms with Crippen molar-refractivity contribution in [1.82, 2.24) is 15.3 Å². The Labute approximate surface area is 167 Å². The first-order valence-corrected chi connectivity index (χ1v) is 10.7. The smallest absolute Gasteiger partial charge is 0.255 e. The summed E-state index contributed by atoms with van der Waals surface area (Å²) in [6, 6.07) is 0. The molecule has 0 aliphatic carbocycles. The van der Waals surface area contributed by atoms with E-state index in [1.807, 2.05) is 6.92 Å². The largest absolute Gasteiger partial charge is 0.328 e. The number of piperidine rings is 2. The van der Waals surface area contributed by atoms with Gasteiger partial charge < -0.3 is 5.73 Å². The Hall–Kier alpha value is -0.650. The number of amides is 1. The molecule has 2 heterocycles. The van der Waals surface area contributed by atoms with E-state index < -0.39 is 5.54 Å². The van der Waals surface area contributed by atoms with Crippen LogP contribution in [0.2, 0.25) is 0 Å². The fraction of sp³-hybridized carbons (Fsp3) is 0.955. The van der Waals surface area contributed by atoms with E-state index in [9.17, 15) is 4.79 Å². The Morgan fingerprint density at radius 3 is 1.59 bits per heavy atom. The van der Waals surface area contributed by atoms with Crippen LogP contribution in [0.1, 0.15) is 101 Å². The molecule has 5 heteroatoms. The number of hydrogen-bond acceptors (Lipinski definition) is 4. The van der Waals surface area contributed by atoms with E-state index in [0.29, 0.717) is 6.54 Å². The number of nitrogens with zero attached hydrogens (tertiary/aromatic N) is 2. The zero-order valence-corrected chi connectivity index (χ0v) is 19.3. The van der Waals surface area contributed by atoms with Crippen LogP contribution in [0, 0.1) is 0 Å². The molecule has 1 amide bonds. The van der Waals surface area contributed by atoms with E-state index in [-0.39, 0.29) is 28.1 Å². The first-order valence-electron chi connectivity index (χ1n) is 10.7. The summed E-state index contributed by atoms with van der Waals surface area (Å²) >= 11 is 0. The van der Waals surface area contributed by atoms with Crippen molar-refractivity contribution < 1.29 is 4.79 Å². The molecule has 0 saturated carbocycles. The molecule has 0 bridgehead atoms. The zero-order chi connectivity index (χ0) is 20.9. The maximum Gasteiger partial charge on any atom is 0.255 e. The summed E-state index contributed by atoms with van der Waals surface area (Å²) in [6.07, 6.45) is 6.70. The van der Waals surface area contributed by atoms with Crippen molar-refractivity contribution in [3.8, 4) is 0 Å². The van der Waals surface area contributed by atoms with Crippen molar-refractivity contribution in [1.29, 1.82) is 0 Å². The van der Waals surface area contributed by atoms with Crippen LogP contribution in [0.3, 0.4) is 0 Å². The number of carbonyl (C=O) groups excluding carboxylic acids is 1. The third-order valence-electron chi connectivity index (χ3n) is 7.17. The number of carbonyl (C=O) groups is 1. The third kappa shape index (κ3) is 4.06. The van der Waals surface area contributed by atoms with Crippen LogP contribution >= 0.6 is 0 Å². The van der Waals surface area contributed by atoms with Gasteiger partial charge in [0.05, 0.1) is 0 Å². The molecule has 0 radical (unpaired) electrons. The minimum Gasteiger partial charge on any atom is -0.328 e. The highest BCUT2D eigenvalue weighted by Gasteiger charge is 2.54. The molecule has 27 heavy (non-hydrogen) atoms. The number of nitrogens with one attached hydrogen (secondary N) is 1. The molecule has 1 atom stereocenters. The van der Waals surface area contributed by atoms with Crippen LogP contribution < -0.4 is 11.2 Å². The summed E-state index contributed by atoms with van der Waals surface area (Å²) in [5, 5.41) is 2.20. The predicted octanol–water partition coefficient (Wildman–Crippen LogP) is 3.82. The lowest BCUT2D eigenvalue weighted by Crippen LogP contribution is -2.76. The summed E-state index contributed by atoms with van der Waals surface area (Å²) in [4.78, 5) is 16.1. The quantitative estimate of drug-likeness (QED) is 0.778. The molecule has 5 nitrogen and oxygen atoms in total. The molecule has 2 aliphatic rings. The molecule has 1 unspecified atom stereocenters. The van der Waals surface area contributed by atoms with Gasteiger partial charge in [0.15, 0.2) is 0 Å². The zero-order valence-electron chi connectivity index (χ0n) is 19.3. The minimum absolute atomic E-state index is 0.0242. The summed E-state index contributed by atoms with van der Waals surface area (Å²) in [5.41, 5.74) is 8.61. The van der Waals surface area contributed by atoms with Crippen molar-refractivity contribution in [2.75, 3.05) is 6.54 Å². The summed E-state index contributed by atoms with van der Waals surface area (Å²) < 4.78 is 0. The van der Waals surface area contributed by atoms with Gasteiger partial charge in [-0.2, -0.15) is 0 Å². The number of hydrogen-bond donors (Lipinski definition) is 2. The first-order chi connectivity index (χ1) is 12.1. The number of hydrazine groups is 1. The second-order valence-corrected chi connectivity index (χ2v) is 11.5. The molecule has 0 spiro atoms. The average molecular weight is 381 g/mol. The van der Waals surface area contributed by atoms with Crippen LogP contribution in [0.4, 0.5) is 0 Å². The molecular formula is C22H44N4O. The fourth-order valence-corrected chi connectivity index (χ4v) is 6.14. The molecule has 2 aliphatic heterocycles. The van der Waals surface area contributed by atoms with Crippen LogP contribution in [0.5, 0.6) is 0 Å². The Morgan fingerprint density at radius 1 is 0.852 bits per heavy atom. The van der Waals surface area contributed by atoms with Gasteiger partial charge in [0.1, 0.15) is 5.54 Å². The van der Waals surface area contributed by atoms with E-state index in [0.717, 1.165) is 25.7 Å². The third-order valence-corrected chi connectivity index (χ3v) is 7.17. The van der Waals surface area contributed by atoms with Gasteiger partial charge in [0.25, 0.3) is 5.91 Å². The van der Waals surface area contributed by atoms with Gasteiger partial charge in [-0.1, -0.05) is 0 Å². The fourth-order valence-electron chi connectivity index (χ4n) is 6.14. The average Bonchev–Trinajstić information content (AvgIpc) is 2.48. The highest BCUT2D eigenvalue weighted by atomic mass is 16.2. The summed E-state index contributed by atoms with van der Waals surface area (Å²) in [7, 11) is 0. The Balaban J connectivity index is 2.38. The van der Waals surface area contributed by atoms with Crippen molar-refractivity contribution in [2.45, 2.75) is 129 Å². The van der Waals surface area contributed by atoms with Gasteiger partial charge in [-0.3, -0.25) is 15.1 Å². The highest BCUT2D eigenvalue weighted by Crippen LogP contribution is 2.44. The molecule has 0 aromatic rings. The number of nitrogens with two attached hydrogens (primary N) is 1. The minimum atomic E-state index is -0.753. The van der Waals surface area contributed by atoms with Crippen molar-refractivity contribution in [2.24, 2.45) is 5.73 Å². The van der Waals surface area contributed by atoms with Gasteiger partial charge in [-0.15, -0.1) is 0 Å². The van der Waals surface area contributed by atoms with E-state index in [4.69, 9.17) is 5.73 Å². The normalized spacial score (nSPS) is 29.7. The van der Waals surface area contributed by atoms with Gasteiger partial charge in [-0.05, 0) is 101 Å². The molecule has 2 rings (SSSR count). The van der Waals surface area contributed by atoms with Gasteiger partial charge in [-0.25, -0.2) is 5.01 Å². The molecule has 2 saturated heterocycles. The lowest BCUT2D eigenvalue weighted by Gasteiger charge is -2.60. The second kappa shape index (κ2) is 7.00. The van der Waals surface area contributed by atoms with Gasteiger partial charge in [0, 0.05) is 28.7 Å². The SMILES string of the molecule is CC1(C)CCCC(C)(C)N1NC(=O)C(C)(CN)N1C(C)(C)CCCC1(C)C. The number of likely N-dealkylation sites (tertiary alicyclic amines) is 1. The van der Waals surface area contributed by atoms with E-state index >= 15 is 0 Å². The van der Waals surface area contributed by atoms with Crippen molar-refractivity contribution in [3.63, 3.8) is 0 Å². The lowest BCUT2D eigenvalue weighted by molar-refractivity contribution is -0.165. The highest BCUT2D eigenvalue weighted by molar-refractivity contribution is 5.86. The summed E-state index contributed by atoms with van der Waals surface area (Å²) in [5.74, 6) is 0.0242. The van der Waals surface area contributed by atoms with Crippen LogP contribution in [-0.4, -0.2) is 50.1 Å². The van der Waals surface area contributed by atoms with Crippen molar-refractivity contribution in [3.05, 3.63) is 0 Å². The van der Waals surface area contributed by atoms with Gasteiger partial charge >= 0.3 is 0 Å². The van der Waals surface area contributed by atoms with Crippen molar-refractivity contribution >= 4 is 5.91 Å². The topological polar surface area (TPSA) is 61.6 Å². The summed E-state index contributed by atoms with van der Waals surface area (Å²) in [6.45, 7) is 20.2. The number of rotatable bonds is 4. The molecule has 0 aromatic carbocycles. The lowest BCUT2D eigenvalue weighted by atomic mass is 9.75. The molecule has 158 valence electrons. The van der Waals surface area contributed by atoms with E-state index in [1.54, 1.807) is 0 Å². The first kappa shape index (κ1) is 22.6. The molecular weight excluding hydrogens is 336 g/mol. The molecule has 3 N–H and O–H groups in total. The Bertz CT molecular complexity index is 535. The Kier molecular flexibility index (Phi) is 5.87. The maximum absolute atomic E-state index is 13.7.